The van der Waals surface area contributed by atoms with Gasteiger partial charge >= 0.3 is 0 Å². The monoisotopic (exact) mass is 294 g/mol. The van der Waals surface area contributed by atoms with Crippen LogP contribution in [-0.4, -0.2) is 37.1 Å². The molecule has 2 rings (SSSR count). The first kappa shape index (κ1) is 16.3. The van der Waals surface area contributed by atoms with Crippen LogP contribution in [0, 0.1) is 17.3 Å². The van der Waals surface area contributed by atoms with E-state index in [0.717, 1.165) is 24.6 Å². The Balaban J connectivity index is 2.05. The van der Waals surface area contributed by atoms with Gasteiger partial charge in [-0.05, 0) is 38.5 Å². The molecule has 2 atom stereocenters. The number of rotatable bonds is 6. The molecular formula is C17H30N2O2. The van der Waals surface area contributed by atoms with Crippen LogP contribution in [-0.2, 0) is 9.47 Å². The molecule has 120 valence electrons. The average Bonchev–Trinajstić information content (AvgIpc) is 2.97. The molecule has 0 aromatic carbocycles. The highest BCUT2D eigenvalue weighted by Gasteiger charge is 2.41. The summed E-state index contributed by atoms with van der Waals surface area (Å²) in [5.41, 5.74) is -0.350. The second-order valence-electron chi connectivity index (χ2n) is 7.68. The predicted octanol–water partition coefficient (Wildman–Crippen LogP) is 3.70. The van der Waals surface area contributed by atoms with E-state index < -0.39 is 0 Å². The molecule has 4 nitrogen and oxygen atoms in total. The van der Waals surface area contributed by atoms with Gasteiger partial charge in [-0.2, -0.15) is 0 Å². The van der Waals surface area contributed by atoms with Crippen LogP contribution in [0.4, 0.5) is 0 Å². The first-order chi connectivity index (χ1) is 9.79. The summed E-state index contributed by atoms with van der Waals surface area (Å²) in [7, 11) is 0. The molecule has 0 N–H and O–H groups in total. The largest absolute Gasteiger partial charge is 0.478 e. The fraction of sp³-hybridized carbons (Fsp3) is 0.882. The number of hydrogen-bond acceptors (Lipinski definition) is 4. The predicted molar refractivity (Wildman–Crippen MR) is 87.0 cm³/mol. The van der Waals surface area contributed by atoms with Gasteiger partial charge < -0.3 is 9.47 Å². The van der Waals surface area contributed by atoms with Gasteiger partial charge in [-0.3, -0.25) is 0 Å². The van der Waals surface area contributed by atoms with Crippen molar-refractivity contribution in [2.45, 2.75) is 66.5 Å². The lowest BCUT2D eigenvalue weighted by Gasteiger charge is -2.22. The molecule has 0 aromatic rings. The van der Waals surface area contributed by atoms with Gasteiger partial charge in [0.25, 0.3) is 0 Å². The second kappa shape index (κ2) is 6.37. The molecule has 0 unspecified atom stereocenters. The Morgan fingerprint density at radius 3 is 1.62 bits per heavy atom. The molecule has 0 aromatic heterocycles. The minimum Gasteiger partial charge on any atom is -0.478 e. The fourth-order valence-electron chi connectivity index (χ4n) is 2.94. The van der Waals surface area contributed by atoms with E-state index in [4.69, 9.17) is 19.5 Å². The molecule has 0 aliphatic carbocycles. The summed E-state index contributed by atoms with van der Waals surface area (Å²) in [5, 5.41) is 0. The Bertz CT molecular complexity index is 387. The topological polar surface area (TPSA) is 43.2 Å². The zero-order valence-corrected chi connectivity index (χ0v) is 14.3. The summed E-state index contributed by atoms with van der Waals surface area (Å²) >= 11 is 0. The van der Waals surface area contributed by atoms with Crippen LogP contribution in [0.25, 0.3) is 0 Å². The third kappa shape index (κ3) is 3.98. The Kier molecular flexibility index (Phi) is 4.95. The van der Waals surface area contributed by atoms with Crippen LogP contribution in [0.1, 0.15) is 54.4 Å². The van der Waals surface area contributed by atoms with E-state index in [-0.39, 0.29) is 17.5 Å². The summed E-state index contributed by atoms with van der Waals surface area (Å²) < 4.78 is 11.7. The van der Waals surface area contributed by atoms with E-state index >= 15 is 0 Å². The zero-order chi connectivity index (χ0) is 15.6. The lowest BCUT2D eigenvalue weighted by molar-refractivity contribution is 0.255. The van der Waals surface area contributed by atoms with E-state index in [1.54, 1.807) is 0 Å². The maximum Gasteiger partial charge on any atom is 0.199 e. The van der Waals surface area contributed by atoms with Gasteiger partial charge in [-0.25, -0.2) is 9.98 Å². The molecule has 2 aliphatic heterocycles. The fourth-order valence-corrected chi connectivity index (χ4v) is 2.94. The third-order valence-corrected chi connectivity index (χ3v) is 3.98. The van der Waals surface area contributed by atoms with E-state index in [1.807, 2.05) is 0 Å². The number of ether oxygens (including phenoxy) is 2. The molecule has 0 spiro atoms. The van der Waals surface area contributed by atoms with Crippen LogP contribution in [0.3, 0.4) is 0 Å². The summed E-state index contributed by atoms with van der Waals surface area (Å²) in [4.78, 5) is 9.53. The molecule has 0 bridgehead atoms. The first-order valence-corrected chi connectivity index (χ1v) is 8.21. The summed E-state index contributed by atoms with van der Waals surface area (Å²) in [6.07, 6.45) is 2.14. The molecule has 0 radical (unpaired) electrons. The molecule has 21 heavy (non-hydrogen) atoms. The Hall–Kier alpha value is -1.06. The third-order valence-electron chi connectivity index (χ3n) is 3.98. The maximum atomic E-state index is 5.85. The van der Waals surface area contributed by atoms with Crippen LogP contribution in [0.15, 0.2) is 9.98 Å². The van der Waals surface area contributed by atoms with Crippen molar-refractivity contribution in [3.63, 3.8) is 0 Å². The quantitative estimate of drug-likeness (QED) is 0.749. The first-order valence-electron chi connectivity index (χ1n) is 8.21. The van der Waals surface area contributed by atoms with Crippen molar-refractivity contribution in [1.29, 1.82) is 0 Å². The van der Waals surface area contributed by atoms with Crippen molar-refractivity contribution in [2.75, 3.05) is 13.2 Å². The van der Waals surface area contributed by atoms with E-state index in [0.29, 0.717) is 25.0 Å². The lowest BCUT2D eigenvalue weighted by Crippen LogP contribution is -2.34. The van der Waals surface area contributed by atoms with Crippen LogP contribution >= 0.6 is 0 Å². The highest BCUT2D eigenvalue weighted by atomic mass is 16.5. The standard InChI is InChI=1S/C17H30N2O2/c1-11(2)7-13-9-20-15(18-13)17(5,6)16-19-14(10-21-16)8-12(3)4/h11-14H,7-10H2,1-6H3/t13-,14-/m0/s1. The van der Waals surface area contributed by atoms with Gasteiger partial charge in [-0.15, -0.1) is 0 Å². The number of hydrogen-bond donors (Lipinski definition) is 0. The molecule has 0 saturated heterocycles. The lowest BCUT2D eigenvalue weighted by atomic mass is 9.92. The molecule has 4 heteroatoms. The molecular weight excluding hydrogens is 264 g/mol. The molecule has 0 fully saturated rings. The molecule has 2 heterocycles. The van der Waals surface area contributed by atoms with Crippen LogP contribution < -0.4 is 0 Å². The normalized spacial score (nSPS) is 25.9. The highest BCUT2D eigenvalue weighted by molar-refractivity contribution is 6.05. The molecule has 0 saturated carbocycles. The summed E-state index contributed by atoms with van der Waals surface area (Å²) in [6.45, 7) is 14.5. The van der Waals surface area contributed by atoms with Crippen molar-refractivity contribution < 1.29 is 9.47 Å². The van der Waals surface area contributed by atoms with Crippen molar-refractivity contribution in [2.24, 2.45) is 27.2 Å². The second-order valence-corrected chi connectivity index (χ2v) is 7.68. The SMILES string of the molecule is CC(C)C[C@H]1COC(C(C)(C)C2=N[C@@H](CC(C)C)CO2)=N1. The van der Waals surface area contributed by atoms with Crippen LogP contribution in [0.2, 0.25) is 0 Å². The maximum absolute atomic E-state index is 5.85. The van der Waals surface area contributed by atoms with Crippen molar-refractivity contribution in [3.05, 3.63) is 0 Å². The van der Waals surface area contributed by atoms with Gasteiger partial charge in [0.2, 0.25) is 0 Å². The van der Waals surface area contributed by atoms with E-state index in [9.17, 15) is 0 Å². The van der Waals surface area contributed by atoms with E-state index in [2.05, 4.69) is 41.5 Å². The van der Waals surface area contributed by atoms with Crippen molar-refractivity contribution in [3.8, 4) is 0 Å². The minimum absolute atomic E-state index is 0.285. The van der Waals surface area contributed by atoms with Gasteiger partial charge in [-0.1, -0.05) is 27.7 Å². The average molecular weight is 294 g/mol. The smallest absolute Gasteiger partial charge is 0.199 e. The Morgan fingerprint density at radius 1 is 0.905 bits per heavy atom. The minimum atomic E-state index is -0.350. The number of nitrogens with zero attached hydrogens (tertiary/aromatic N) is 2. The van der Waals surface area contributed by atoms with Gasteiger partial charge in [0.05, 0.1) is 12.1 Å². The molecule has 2 aliphatic rings. The Labute approximate surface area is 129 Å². The molecule has 0 amide bonds. The van der Waals surface area contributed by atoms with Gasteiger partial charge in [0.15, 0.2) is 11.8 Å². The van der Waals surface area contributed by atoms with Crippen LogP contribution in [0.5, 0.6) is 0 Å². The van der Waals surface area contributed by atoms with Gasteiger partial charge in [0.1, 0.15) is 18.6 Å². The van der Waals surface area contributed by atoms with Crippen molar-refractivity contribution >= 4 is 11.8 Å². The Morgan fingerprint density at radius 2 is 1.29 bits per heavy atom. The number of aliphatic imine (C=N–C) groups is 2. The summed E-state index contributed by atoms with van der Waals surface area (Å²) in [5.74, 6) is 2.86. The van der Waals surface area contributed by atoms with Gasteiger partial charge in [0, 0.05) is 0 Å². The highest BCUT2D eigenvalue weighted by Crippen LogP contribution is 2.30. The summed E-state index contributed by atoms with van der Waals surface area (Å²) in [6, 6.07) is 0.570. The van der Waals surface area contributed by atoms with E-state index in [1.165, 1.54) is 0 Å². The zero-order valence-electron chi connectivity index (χ0n) is 14.3. The van der Waals surface area contributed by atoms with Crippen molar-refractivity contribution in [1.82, 2.24) is 0 Å².